The van der Waals surface area contributed by atoms with Gasteiger partial charge in [0.25, 0.3) is 0 Å². The molecule has 78 valence electrons. The smallest absolute Gasteiger partial charge is 0.329 e. The van der Waals surface area contributed by atoms with Crippen LogP contribution in [-0.4, -0.2) is 36.2 Å². The van der Waals surface area contributed by atoms with E-state index in [9.17, 15) is 13.2 Å². The van der Waals surface area contributed by atoms with Crippen LogP contribution in [0.1, 0.15) is 19.8 Å². The van der Waals surface area contributed by atoms with Crippen LogP contribution in [0.5, 0.6) is 0 Å². The molecular formula is C8H15F3N2. The minimum atomic E-state index is -4.11. The minimum absolute atomic E-state index is 0.111. The number of hydrogen-bond donors (Lipinski definition) is 1. The predicted octanol–water partition coefficient (Wildman–Crippen LogP) is 1.36. The van der Waals surface area contributed by atoms with Gasteiger partial charge >= 0.3 is 6.18 Å². The van der Waals surface area contributed by atoms with E-state index in [0.717, 1.165) is 12.8 Å². The molecule has 0 aromatic rings. The molecule has 0 aromatic heterocycles. The number of rotatable bonds is 4. The zero-order valence-corrected chi connectivity index (χ0v) is 7.64. The highest BCUT2D eigenvalue weighted by Crippen LogP contribution is 2.31. The second-order valence-corrected chi connectivity index (χ2v) is 3.60. The van der Waals surface area contributed by atoms with Crippen molar-refractivity contribution < 1.29 is 13.2 Å². The summed E-state index contributed by atoms with van der Waals surface area (Å²) < 4.78 is 36.3. The van der Waals surface area contributed by atoms with Gasteiger partial charge in [0, 0.05) is 18.6 Å². The molecule has 1 atom stereocenters. The van der Waals surface area contributed by atoms with Gasteiger partial charge in [-0.15, -0.1) is 0 Å². The first kappa shape index (κ1) is 10.8. The summed E-state index contributed by atoms with van der Waals surface area (Å²) in [5.41, 5.74) is 5.35. The standard InChI is InChI=1S/C8H15F3N2/c1-6(4-12)13(7-2-3-7)5-8(9,10)11/h6-7H,2-5,12H2,1H3. The number of halogens is 3. The second-order valence-electron chi connectivity index (χ2n) is 3.60. The van der Waals surface area contributed by atoms with Gasteiger partial charge in [-0.25, -0.2) is 0 Å². The summed E-state index contributed by atoms with van der Waals surface area (Å²) in [6.07, 6.45) is -2.35. The third-order valence-corrected chi connectivity index (χ3v) is 2.29. The Morgan fingerprint density at radius 2 is 2.00 bits per heavy atom. The van der Waals surface area contributed by atoms with Crippen LogP contribution in [0.25, 0.3) is 0 Å². The van der Waals surface area contributed by atoms with Crippen molar-refractivity contribution >= 4 is 0 Å². The molecule has 1 rings (SSSR count). The van der Waals surface area contributed by atoms with Crippen molar-refractivity contribution in [2.45, 2.75) is 38.0 Å². The third-order valence-electron chi connectivity index (χ3n) is 2.29. The summed E-state index contributed by atoms with van der Waals surface area (Å²) >= 11 is 0. The summed E-state index contributed by atoms with van der Waals surface area (Å²) in [6, 6.07) is -0.0608. The summed E-state index contributed by atoms with van der Waals surface area (Å²) in [5, 5.41) is 0. The molecule has 1 fully saturated rings. The van der Waals surface area contributed by atoms with Gasteiger partial charge in [0.2, 0.25) is 0 Å². The maximum atomic E-state index is 12.1. The molecular weight excluding hydrogens is 181 g/mol. The van der Waals surface area contributed by atoms with E-state index in [-0.39, 0.29) is 18.6 Å². The molecule has 1 unspecified atom stereocenters. The van der Waals surface area contributed by atoms with E-state index in [1.54, 1.807) is 6.92 Å². The third kappa shape index (κ3) is 3.52. The predicted molar refractivity (Wildman–Crippen MR) is 44.3 cm³/mol. The molecule has 0 aliphatic heterocycles. The van der Waals surface area contributed by atoms with Crippen molar-refractivity contribution in [3.05, 3.63) is 0 Å². The molecule has 0 aromatic carbocycles. The Hall–Kier alpha value is -0.290. The molecule has 0 spiro atoms. The van der Waals surface area contributed by atoms with Gasteiger partial charge in [0.1, 0.15) is 0 Å². The van der Waals surface area contributed by atoms with Crippen molar-refractivity contribution in [1.82, 2.24) is 4.90 Å². The monoisotopic (exact) mass is 196 g/mol. The average molecular weight is 196 g/mol. The van der Waals surface area contributed by atoms with E-state index in [0.29, 0.717) is 0 Å². The lowest BCUT2D eigenvalue weighted by Gasteiger charge is -2.28. The molecule has 0 radical (unpaired) electrons. The van der Waals surface area contributed by atoms with Crippen LogP contribution in [0, 0.1) is 0 Å². The summed E-state index contributed by atoms with van der Waals surface area (Å²) in [7, 11) is 0. The highest BCUT2D eigenvalue weighted by molar-refractivity contribution is 4.88. The Morgan fingerprint density at radius 3 is 2.31 bits per heavy atom. The molecule has 0 saturated heterocycles. The second kappa shape index (κ2) is 3.84. The normalized spacial score (nSPS) is 20.8. The highest BCUT2D eigenvalue weighted by atomic mass is 19.4. The average Bonchev–Trinajstić information content (AvgIpc) is 2.79. The van der Waals surface area contributed by atoms with E-state index in [1.807, 2.05) is 0 Å². The molecule has 2 N–H and O–H groups in total. The van der Waals surface area contributed by atoms with Crippen molar-refractivity contribution in [3.63, 3.8) is 0 Å². The van der Waals surface area contributed by atoms with Crippen molar-refractivity contribution in [3.8, 4) is 0 Å². The van der Waals surface area contributed by atoms with Gasteiger partial charge in [-0.3, -0.25) is 4.90 Å². The van der Waals surface area contributed by atoms with E-state index in [2.05, 4.69) is 0 Å². The molecule has 13 heavy (non-hydrogen) atoms. The molecule has 0 amide bonds. The molecule has 0 bridgehead atoms. The van der Waals surface area contributed by atoms with E-state index in [4.69, 9.17) is 5.73 Å². The van der Waals surface area contributed by atoms with Gasteiger partial charge in [-0.05, 0) is 19.8 Å². The van der Waals surface area contributed by atoms with Crippen molar-refractivity contribution in [2.75, 3.05) is 13.1 Å². The lowest BCUT2D eigenvalue weighted by Crippen LogP contribution is -2.45. The van der Waals surface area contributed by atoms with Gasteiger partial charge < -0.3 is 5.73 Å². The van der Waals surface area contributed by atoms with Gasteiger partial charge in [0.15, 0.2) is 0 Å². The van der Waals surface area contributed by atoms with Crippen LogP contribution in [-0.2, 0) is 0 Å². The van der Waals surface area contributed by atoms with Gasteiger partial charge in [-0.2, -0.15) is 13.2 Å². The van der Waals surface area contributed by atoms with Crippen LogP contribution >= 0.6 is 0 Å². The maximum absolute atomic E-state index is 12.1. The number of hydrogen-bond acceptors (Lipinski definition) is 2. The zero-order valence-electron chi connectivity index (χ0n) is 7.64. The molecule has 2 nitrogen and oxygen atoms in total. The number of nitrogens with two attached hydrogens (primary N) is 1. The molecule has 5 heteroatoms. The van der Waals surface area contributed by atoms with Gasteiger partial charge in [0.05, 0.1) is 6.54 Å². The number of alkyl halides is 3. The van der Waals surface area contributed by atoms with E-state index in [1.165, 1.54) is 4.90 Å². The first-order chi connectivity index (χ1) is 5.94. The fourth-order valence-corrected chi connectivity index (χ4v) is 1.39. The Morgan fingerprint density at radius 1 is 1.46 bits per heavy atom. The highest BCUT2D eigenvalue weighted by Gasteiger charge is 2.39. The summed E-state index contributed by atoms with van der Waals surface area (Å²) in [4.78, 5) is 1.46. The van der Waals surface area contributed by atoms with Crippen LogP contribution in [0.15, 0.2) is 0 Å². The Labute approximate surface area is 75.9 Å². The first-order valence-electron chi connectivity index (χ1n) is 4.46. The Kier molecular flexibility index (Phi) is 3.18. The maximum Gasteiger partial charge on any atom is 0.401 e. The van der Waals surface area contributed by atoms with Crippen LogP contribution in [0.4, 0.5) is 13.2 Å². The lowest BCUT2D eigenvalue weighted by molar-refractivity contribution is -0.151. The fraction of sp³-hybridized carbons (Fsp3) is 1.00. The zero-order chi connectivity index (χ0) is 10.1. The number of nitrogens with zero attached hydrogens (tertiary/aromatic N) is 1. The topological polar surface area (TPSA) is 29.3 Å². The SMILES string of the molecule is CC(CN)N(CC(F)(F)F)C1CC1. The van der Waals surface area contributed by atoms with E-state index < -0.39 is 12.7 Å². The lowest BCUT2D eigenvalue weighted by atomic mass is 10.2. The fourth-order valence-electron chi connectivity index (χ4n) is 1.39. The Bertz CT molecular complexity index is 165. The van der Waals surface area contributed by atoms with Crippen molar-refractivity contribution in [2.24, 2.45) is 5.73 Å². The van der Waals surface area contributed by atoms with E-state index >= 15 is 0 Å². The van der Waals surface area contributed by atoms with Crippen LogP contribution < -0.4 is 5.73 Å². The molecule has 1 aliphatic rings. The first-order valence-corrected chi connectivity index (χ1v) is 4.46. The van der Waals surface area contributed by atoms with Crippen molar-refractivity contribution in [1.29, 1.82) is 0 Å². The summed E-state index contributed by atoms with van der Waals surface area (Å²) in [5.74, 6) is 0. The van der Waals surface area contributed by atoms with Gasteiger partial charge in [-0.1, -0.05) is 0 Å². The molecule has 0 heterocycles. The molecule has 1 saturated carbocycles. The quantitative estimate of drug-likeness (QED) is 0.735. The Balaban J connectivity index is 2.47. The minimum Gasteiger partial charge on any atom is -0.329 e. The van der Waals surface area contributed by atoms with Crippen LogP contribution in [0.2, 0.25) is 0 Å². The molecule has 1 aliphatic carbocycles. The largest absolute Gasteiger partial charge is 0.401 e. The van der Waals surface area contributed by atoms with Crippen LogP contribution in [0.3, 0.4) is 0 Å². The summed E-state index contributed by atoms with van der Waals surface area (Å²) in [6.45, 7) is 1.20.